The summed E-state index contributed by atoms with van der Waals surface area (Å²) in [6.45, 7) is 0.816. The topological polar surface area (TPSA) is 108 Å². The lowest BCUT2D eigenvalue weighted by Gasteiger charge is -2.42. The molecule has 0 aliphatic carbocycles. The van der Waals surface area contributed by atoms with E-state index in [4.69, 9.17) is 9.47 Å². The van der Waals surface area contributed by atoms with Crippen molar-refractivity contribution in [3.05, 3.63) is 27.8 Å². The Morgan fingerprint density at radius 3 is 2.50 bits per heavy atom. The van der Waals surface area contributed by atoms with E-state index in [1.54, 1.807) is 12.1 Å². The molecule has 1 amide bonds. The van der Waals surface area contributed by atoms with Crippen molar-refractivity contribution in [3.8, 4) is 5.75 Å². The van der Waals surface area contributed by atoms with Gasteiger partial charge in [0, 0.05) is 10.5 Å². The van der Waals surface area contributed by atoms with Gasteiger partial charge in [0.15, 0.2) is 0 Å². The summed E-state index contributed by atoms with van der Waals surface area (Å²) in [5.74, 6) is 0.0968. The molecule has 22 heavy (non-hydrogen) atoms. The minimum atomic E-state index is -1.32. The van der Waals surface area contributed by atoms with Crippen molar-refractivity contribution < 1.29 is 29.6 Å². The molecule has 7 nitrogen and oxygen atoms in total. The van der Waals surface area contributed by atoms with Gasteiger partial charge in [0.05, 0.1) is 6.61 Å². The average molecular weight is 423 g/mol. The Kier molecular flexibility index (Phi) is 5.98. The third-order valence-corrected chi connectivity index (χ3v) is 4.04. The zero-order chi connectivity index (χ0) is 16.3. The third-order valence-electron chi connectivity index (χ3n) is 3.32. The van der Waals surface area contributed by atoms with Crippen LogP contribution >= 0.6 is 22.6 Å². The van der Waals surface area contributed by atoms with E-state index in [1.807, 2.05) is 12.1 Å². The Morgan fingerprint density at radius 1 is 1.32 bits per heavy atom. The molecule has 1 aromatic carbocycles. The molecule has 1 saturated heterocycles. The fraction of sp³-hybridized carbons (Fsp3) is 0.500. The van der Waals surface area contributed by atoms with Crippen LogP contribution in [0.5, 0.6) is 5.75 Å². The van der Waals surface area contributed by atoms with Crippen LogP contribution in [0.15, 0.2) is 24.3 Å². The highest BCUT2D eigenvalue weighted by molar-refractivity contribution is 14.1. The molecule has 4 N–H and O–H groups in total. The van der Waals surface area contributed by atoms with Gasteiger partial charge in [-0.2, -0.15) is 0 Å². The van der Waals surface area contributed by atoms with Gasteiger partial charge < -0.3 is 30.1 Å². The lowest BCUT2D eigenvalue weighted by molar-refractivity contribution is -0.244. The predicted molar refractivity (Wildman–Crippen MR) is 85.2 cm³/mol. The first kappa shape index (κ1) is 17.4. The molecule has 8 heteroatoms. The van der Waals surface area contributed by atoms with Crippen LogP contribution < -0.4 is 10.1 Å². The number of hydrogen-bond donors (Lipinski definition) is 4. The summed E-state index contributed by atoms with van der Waals surface area (Å²) in [7, 11) is 0. The zero-order valence-corrected chi connectivity index (χ0v) is 14.0. The molecule has 1 fully saturated rings. The third kappa shape index (κ3) is 4.07. The number of nitrogens with one attached hydrogen (secondary N) is 1. The smallest absolute Gasteiger partial charge is 0.223 e. The molecule has 1 heterocycles. The van der Waals surface area contributed by atoms with Crippen molar-refractivity contribution in [2.75, 3.05) is 6.61 Å². The van der Waals surface area contributed by atoms with E-state index in [0.717, 1.165) is 3.57 Å². The number of carbonyl (C=O) groups is 1. The maximum absolute atomic E-state index is 11.3. The molecule has 0 radical (unpaired) electrons. The molecule has 0 spiro atoms. The average Bonchev–Trinajstić information content (AvgIpc) is 2.48. The second-order valence-corrected chi connectivity index (χ2v) is 6.25. The molecule has 122 valence electrons. The van der Waals surface area contributed by atoms with Crippen LogP contribution in [0.3, 0.4) is 0 Å². The van der Waals surface area contributed by atoms with Crippen molar-refractivity contribution in [3.63, 3.8) is 0 Å². The number of aliphatic hydroxyl groups excluding tert-OH is 3. The Bertz CT molecular complexity index is 511. The number of amides is 1. The molecular weight excluding hydrogens is 405 g/mol. The van der Waals surface area contributed by atoms with Crippen LogP contribution in [-0.4, -0.2) is 58.5 Å². The van der Waals surface area contributed by atoms with Crippen molar-refractivity contribution in [2.45, 2.75) is 37.6 Å². The number of rotatable bonds is 4. The number of hydrogen-bond acceptors (Lipinski definition) is 6. The van der Waals surface area contributed by atoms with Crippen molar-refractivity contribution in [1.82, 2.24) is 5.32 Å². The Morgan fingerprint density at radius 2 is 1.95 bits per heavy atom. The summed E-state index contributed by atoms with van der Waals surface area (Å²) >= 11 is 2.15. The van der Waals surface area contributed by atoms with Crippen LogP contribution in [0, 0.1) is 3.57 Å². The van der Waals surface area contributed by atoms with Crippen LogP contribution in [-0.2, 0) is 9.53 Å². The van der Waals surface area contributed by atoms with Crippen molar-refractivity contribution in [1.29, 1.82) is 0 Å². The van der Waals surface area contributed by atoms with Gasteiger partial charge in [-0.1, -0.05) is 0 Å². The monoisotopic (exact) mass is 423 g/mol. The quantitative estimate of drug-likeness (QED) is 0.492. The number of halogens is 1. The molecule has 2 rings (SSSR count). The minimum Gasteiger partial charge on any atom is -0.463 e. The van der Waals surface area contributed by atoms with Gasteiger partial charge in [0.2, 0.25) is 12.2 Å². The van der Waals surface area contributed by atoms with E-state index in [1.165, 1.54) is 6.92 Å². The van der Waals surface area contributed by atoms with E-state index in [0.29, 0.717) is 5.75 Å². The molecule has 0 bridgehead atoms. The molecular formula is C14H18INO6. The molecule has 1 aromatic rings. The van der Waals surface area contributed by atoms with E-state index in [2.05, 4.69) is 27.9 Å². The second kappa shape index (κ2) is 7.55. The molecule has 1 aliphatic rings. The highest BCUT2D eigenvalue weighted by atomic mass is 127. The lowest BCUT2D eigenvalue weighted by atomic mass is 9.97. The summed E-state index contributed by atoms with van der Waals surface area (Å²) in [5.41, 5.74) is 0. The number of ether oxygens (including phenoxy) is 2. The first-order valence-electron chi connectivity index (χ1n) is 6.74. The highest BCUT2D eigenvalue weighted by Crippen LogP contribution is 2.24. The van der Waals surface area contributed by atoms with Crippen molar-refractivity contribution in [2.24, 2.45) is 0 Å². The maximum atomic E-state index is 11.3. The lowest BCUT2D eigenvalue weighted by Crippen LogP contribution is -2.65. The number of benzene rings is 1. The van der Waals surface area contributed by atoms with Crippen LogP contribution in [0.4, 0.5) is 0 Å². The Hall–Kier alpha value is -0.940. The van der Waals surface area contributed by atoms with Gasteiger partial charge in [-0.3, -0.25) is 4.79 Å². The summed E-state index contributed by atoms with van der Waals surface area (Å²) < 4.78 is 12.1. The highest BCUT2D eigenvalue weighted by Gasteiger charge is 2.46. The van der Waals surface area contributed by atoms with Crippen LogP contribution in [0.2, 0.25) is 0 Å². The van der Waals surface area contributed by atoms with Gasteiger partial charge in [-0.05, 0) is 46.9 Å². The number of carbonyl (C=O) groups excluding carboxylic acids is 1. The molecule has 0 unspecified atom stereocenters. The maximum Gasteiger partial charge on any atom is 0.223 e. The fourth-order valence-electron chi connectivity index (χ4n) is 2.22. The summed E-state index contributed by atoms with van der Waals surface area (Å²) in [5, 5.41) is 31.8. The minimum absolute atomic E-state index is 0.390. The van der Waals surface area contributed by atoms with Gasteiger partial charge in [0.25, 0.3) is 0 Å². The Labute approximate surface area is 141 Å². The molecule has 0 aromatic heterocycles. The summed E-state index contributed by atoms with van der Waals surface area (Å²) in [6, 6.07) is 6.17. The van der Waals surface area contributed by atoms with E-state index in [9.17, 15) is 20.1 Å². The SMILES string of the molecule is CC(=O)N[C@@H]1[C@H](Oc2ccc(I)cc2)O[C@H](CO)[C@@H](O)[C@@H]1O. The zero-order valence-electron chi connectivity index (χ0n) is 11.8. The summed E-state index contributed by atoms with van der Waals surface area (Å²) in [6.07, 6.45) is -4.66. The summed E-state index contributed by atoms with van der Waals surface area (Å²) in [4.78, 5) is 11.3. The molecule has 0 saturated carbocycles. The first-order chi connectivity index (χ1) is 10.4. The van der Waals surface area contributed by atoms with Gasteiger partial charge >= 0.3 is 0 Å². The largest absolute Gasteiger partial charge is 0.463 e. The van der Waals surface area contributed by atoms with Crippen molar-refractivity contribution >= 4 is 28.5 Å². The van der Waals surface area contributed by atoms with Gasteiger partial charge in [-0.25, -0.2) is 0 Å². The van der Waals surface area contributed by atoms with Gasteiger partial charge in [0.1, 0.15) is 30.1 Å². The van der Waals surface area contributed by atoms with E-state index < -0.39 is 43.2 Å². The number of aliphatic hydroxyl groups is 3. The molecule has 1 aliphatic heterocycles. The standard InChI is InChI=1S/C14H18INO6/c1-7(18)16-11-13(20)12(19)10(6-17)22-14(11)21-9-4-2-8(15)3-5-9/h2-5,10-14,17,19-20H,6H2,1H3,(H,16,18)/t10-,11+,12-,13-,14-/m1/s1. The molecule has 5 atom stereocenters. The van der Waals surface area contributed by atoms with E-state index >= 15 is 0 Å². The van der Waals surface area contributed by atoms with E-state index in [-0.39, 0.29) is 0 Å². The fourth-order valence-corrected chi connectivity index (χ4v) is 2.58. The predicted octanol–water partition coefficient (Wildman–Crippen LogP) is -0.386. The first-order valence-corrected chi connectivity index (χ1v) is 7.82. The Balaban J connectivity index is 2.18. The van der Waals surface area contributed by atoms with Crippen LogP contribution in [0.1, 0.15) is 6.92 Å². The normalized spacial score (nSPS) is 31.6. The van der Waals surface area contributed by atoms with Gasteiger partial charge in [-0.15, -0.1) is 0 Å². The van der Waals surface area contributed by atoms with Crippen LogP contribution in [0.25, 0.3) is 0 Å². The second-order valence-electron chi connectivity index (χ2n) is 5.00.